The fourth-order valence-corrected chi connectivity index (χ4v) is 3.15. The first-order chi connectivity index (χ1) is 10.7. The standard InChI is InChI=1S/C18H15BrN2O/c1-13-18(22)21(12-14-8-4-2-5-9-14)16(17(19)20-13)15-10-6-3-7-11-15/h2-11H,12H2,1H3. The van der Waals surface area contributed by atoms with Gasteiger partial charge in [0.05, 0.1) is 12.2 Å². The Morgan fingerprint density at radius 2 is 1.59 bits per heavy atom. The Morgan fingerprint density at radius 3 is 2.23 bits per heavy atom. The van der Waals surface area contributed by atoms with E-state index in [4.69, 9.17) is 0 Å². The smallest absolute Gasteiger partial charge is 0.272 e. The molecule has 0 bridgehead atoms. The first-order valence-corrected chi connectivity index (χ1v) is 7.82. The van der Waals surface area contributed by atoms with Gasteiger partial charge in [-0.05, 0) is 28.4 Å². The lowest BCUT2D eigenvalue weighted by atomic mass is 10.1. The molecule has 0 amide bonds. The zero-order chi connectivity index (χ0) is 15.5. The van der Waals surface area contributed by atoms with Crippen molar-refractivity contribution in [1.29, 1.82) is 0 Å². The highest BCUT2D eigenvalue weighted by Crippen LogP contribution is 2.26. The molecular weight excluding hydrogens is 340 g/mol. The second-order valence-corrected chi connectivity index (χ2v) is 5.83. The number of nitrogens with zero attached hydrogens (tertiary/aromatic N) is 2. The predicted octanol–water partition coefficient (Wildman–Crippen LogP) is 4.03. The van der Waals surface area contributed by atoms with Crippen molar-refractivity contribution >= 4 is 15.9 Å². The van der Waals surface area contributed by atoms with Crippen molar-refractivity contribution in [2.24, 2.45) is 0 Å². The molecule has 0 aliphatic carbocycles. The van der Waals surface area contributed by atoms with E-state index in [0.29, 0.717) is 16.8 Å². The van der Waals surface area contributed by atoms with Crippen molar-refractivity contribution < 1.29 is 0 Å². The van der Waals surface area contributed by atoms with Crippen molar-refractivity contribution in [3.8, 4) is 11.3 Å². The zero-order valence-corrected chi connectivity index (χ0v) is 13.7. The van der Waals surface area contributed by atoms with Gasteiger partial charge in [-0.2, -0.15) is 0 Å². The molecule has 0 spiro atoms. The van der Waals surface area contributed by atoms with Crippen LogP contribution in [0.1, 0.15) is 11.3 Å². The number of hydrogen-bond acceptors (Lipinski definition) is 2. The molecule has 0 fully saturated rings. The number of aryl methyl sites for hydroxylation is 1. The van der Waals surface area contributed by atoms with Gasteiger partial charge >= 0.3 is 0 Å². The zero-order valence-electron chi connectivity index (χ0n) is 12.2. The Kier molecular flexibility index (Phi) is 4.20. The summed E-state index contributed by atoms with van der Waals surface area (Å²) in [7, 11) is 0. The van der Waals surface area contributed by atoms with Crippen LogP contribution in [-0.2, 0) is 6.54 Å². The second-order valence-electron chi connectivity index (χ2n) is 5.08. The van der Waals surface area contributed by atoms with Crippen molar-refractivity contribution in [2.45, 2.75) is 13.5 Å². The molecule has 0 radical (unpaired) electrons. The number of aromatic nitrogens is 2. The van der Waals surface area contributed by atoms with E-state index >= 15 is 0 Å². The number of rotatable bonds is 3. The van der Waals surface area contributed by atoms with Crippen LogP contribution >= 0.6 is 15.9 Å². The number of halogens is 1. The maximum atomic E-state index is 12.6. The summed E-state index contributed by atoms with van der Waals surface area (Å²) in [4.78, 5) is 16.9. The number of benzene rings is 2. The van der Waals surface area contributed by atoms with Crippen LogP contribution in [0.25, 0.3) is 11.3 Å². The molecule has 0 aliphatic heterocycles. The molecular formula is C18H15BrN2O. The van der Waals surface area contributed by atoms with E-state index in [9.17, 15) is 4.79 Å². The molecule has 2 aromatic carbocycles. The van der Waals surface area contributed by atoms with E-state index in [1.165, 1.54) is 0 Å². The van der Waals surface area contributed by atoms with E-state index in [-0.39, 0.29) is 5.56 Å². The summed E-state index contributed by atoms with van der Waals surface area (Å²) < 4.78 is 2.46. The van der Waals surface area contributed by atoms with Gasteiger partial charge in [0.2, 0.25) is 0 Å². The van der Waals surface area contributed by atoms with Crippen LogP contribution in [0.15, 0.2) is 70.1 Å². The maximum absolute atomic E-state index is 12.6. The Morgan fingerprint density at radius 1 is 1.00 bits per heavy atom. The lowest BCUT2D eigenvalue weighted by Gasteiger charge is -2.15. The Hall–Kier alpha value is -2.20. The van der Waals surface area contributed by atoms with Gasteiger partial charge in [0.1, 0.15) is 10.3 Å². The monoisotopic (exact) mass is 354 g/mol. The third-order valence-corrected chi connectivity index (χ3v) is 4.07. The van der Waals surface area contributed by atoms with Crippen molar-refractivity contribution in [3.63, 3.8) is 0 Å². The summed E-state index contributed by atoms with van der Waals surface area (Å²) in [6, 6.07) is 19.8. The van der Waals surface area contributed by atoms with Crippen LogP contribution in [0.3, 0.4) is 0 Å². The molecule has 110 valence electrons. The summed E-state index contributed by atoms with van der Waals surface area (Å²) in [6.07, 6.45) is 0. The summed E-state index contributed by atoms with van der Waals surface area (Å²) in [5.41, 5.74) is 3.28. The van der Waals surface area contributed by atoms with Gasteiger partial charge in [0.15, 0.2) is 0 Å². The first-order valence-electron chi connectivity index (χ1n) is 7.03. The van der Waals surface area contributed by atoms with E-state index in [2.05, 4.69) is 20.9 Å². The highest BCUT2D eigenvalue weighted by Gasteiger charge is 2.14. The van der Waals surface area contributed by atoms with Gasteiger partial charge in [0.25, 0.3) is 5.56 Å². The first kappa shape index (κ1) is 14.7. The lowest BCUT2D eigenvalue weighted by molar-refractivity contribution is 0.741. The molecule has 0 N–H and O–H groups in total. The molecule has 0 aliphatic rings. The fourth-order valence-electron chi connectivity index (χ4n) is 2.44. The maximum Gasteiger partial charge on any atom is 0.272 e. The Balaban J connectivity index is 2.21. The van der Waals surface area contributed by atoms with Gasteiger partial charge in [-0.25, -0.2) is 4.98 Å². The largest absolute Gasteiger partial charge is 0.300 e. The predicted molar refractivity (Wildman–Crippen MR) is 91.9 cm³/mol. The average molecular weight is 355 g/mol. The summed E-state index contributed by atoms with van der Waals surface area (Å²) >= 11 is 3.51. The van der Waals surface area contributed by atoms with Crippen molar-refractivity contribution in [1.82, 2.24) is 9.55 Å². The van der Waals surface area contributed by atoms with Crippen LogP contribution < -0.4 is 5.56 Å². The molecule has 0 saturated heterocycles. The molecule has 22 heavy (non-hydrogen) atoms. The van der Waals surface area contributed by atoms with Gasteiger partial charge in [-0.15, -0.1) is 0 Å². The molecule has 1 aromatic heterocycles. The quantitative estimate of drug-likeness (QED) is 0.711. The van der Waals surface area contributed by atoms with Crippen molar-refractivity contribution in [2.75, 3.05) is 0 Å². The van der Waals surface area contributed by atoms with Crippen LogP contribution in [-0.4, -0.2) is 9.55 Å². The molecule has 0 unspecified atom stereocenters. The minimum atomic E-state index is -0.0640. The average Bonchev–Trinajstić information content (AvgIpc) is 2.54. The summed E-state index contributed by atoms with van der Waals surface area (Å²) in [6.45, 7) is 2.26. The van der Waals surface area contributed by atoms with Gasteiger partial charge in [-0.1, -0.05) is 60.7 Å². The molecule has 1 heterocycles. The van der Waals surface area contributed by atoms with E-state index in [0.717, 1.165) is 16.8 Å². The van der Waals surface area contributed by atoms with Crippen LogP contribution in [0.2, 0.25) is 0 Å². The minimum absolute atomic E-state index is 0.0640. The highest BCUT2D eigenvalue weighted by atomic mass is 79.9. The lowest BCUT2D eigenvalue weighted by Crippen LogP contribution is -2.26. The topological polar surface area (TPSA) is 34.9 Å². The molecule has 4 heteroatoms. The SMILES string of the molecule is Cc1nc(Br)c(-c2ccccc2)n(Cc2ccccc2)c1=O. The second kappa shape index (κ2) is 6.28. The Labute approximate surface area is 137 Å². The molecule has 3 rings (SSSR count). The fraction of sp³-hybridized carbons (Fsp3) is 0.111. The molecule has 3 aromatic rings. The summed E-state index contributed by atoms with van der Waals surface area (Å²) in [5.74, 6) is 0. The highest BCUT2D eigenvalue weighted by molar-refractivity contribution is 9.10. The summed E-state index contributed by atoms with van der Waals surface area (Å²) in [5, 5.41) is 0. The molecule has 3 nitrogen and oxygen atoms in total. The number of hydrogen-bond donors (Lipinski definition) is 0. The minimum Gasteiger partial charge on any atom is -0.300 e. The van der Waals surface area contributed by atoms with E-state index in [1.807, 2.05) is 60.7 Å². The third-order valence-electron chi connectivity index (χ3n) is 3.52. The van der Waals surface area contributed by atoms with E-state index in [1.54, 1.807) is 11.5 Å². The van der Waals surface area contributed by atoms with Gasteiger partial charge in [-0.3, -0.25) is 9.36 Å². The molecule has 0 saturated carbocycles. The van der Waals surface area contributed by atoms with Crippen LogP contribution in [0.5, 0.6) is 0 Å². The van der Waals surface area contributed by atoms with Crippen LogP contribution in [0, 0.1) is 6.92 Å². The van der Waals surface area contributed by atoms with Gasteiger partial charge < -0.3 is 0 Å². The Bertz CT molecular complexity index is 842. The third kappa shape index (κ3) is 2.88. The normalized spacial score (nSPS) is 10.6. The van der Waals surface area contributed by atoms with E-state index < -0.39 is 0 Å². The molecule has 0 atom stereocenters. The van der Waals surface area contributed by atoms with Crippen molar-refractivity contribution in [3.05, 3.63) is 86.9 Å². The van der Waals surface area contributed by atoms with Crippen LogP contribution in [0.4, 0.5) is 0 Å². The van der Waals surface area contributed by atoms with Gasteiger partial charge in [0, 0.05) is 5.56 Å².